The number of thiazole rings is 1. The fraction of sp³-hybridized carbons (Fsp3) is 0.333. The van der Waals surface area contributed by atoms with Crippen LogP contribution in [0.15, 0.2) is 48.5 Å². The zero-order valence-corrected chi connectivity index (χ0v) is 17.0. The van der Waals surface area contributed by atoms with Crippen LogP contribution in [0.25, 0.3) is 10.2 Å². The maximum Gasteiger partial charge on any atom is 0.242 e. The molecule has 0 saturated carbocycles. The van der Waals surface area contributed by atoms with E-state index < -0.39 is 0 Å². The van der Waals surface area contributed by atoms with Crippen molar-refractivity contribution in [3.63, 3.8) is 0 Å². The van der Waals surface area contributed by atoms with E-state index in [0.717, 1.165) is 47.3 Å². The van der Waals surface area contributed by atoms with Gasteiger partial charge in [0.25, 0.3) is 0 Å². The number of ether oxygens (including phenoxy) is 1. The minimum Gasteiger partial charge on any atom is -0.494 e. The van der Waals surface area contributed by atoms with Gasteiger partial charge in [-0.3, -0.25) is 4.79 Å². The maximum absolute atomic E-state index is 12.8. The molecule has 0 unspecified atom stereocenters. The predicted octanol–water partition coefficient (Wildman–Crippen LogP) is 3.09. The van der Waals surface area contributed by atoms with Crippen LogP contribution in [0.2, 0.25) is 0 Å². The molecule has 28 heavy (non-hydrogen) atoms. The second kappa shape index (κ2) is 8.06. The van der Waals surface area contributed by atoms with E-state index >= 15 is 0 Å². The molecular weight excluding hydrogens is 372 g/mol. The van der Waals surface area contributed by atoms with Crippen LogP contribution in [0.4, 0.5) is 10.8 Å². The third-order valence-corrected chi connectivity index (χ3v) is 6.18. The highest BCUT2D eigenvalue weighted by Gasteiger charge is 2.23. The molecule has 0 atom stereocenters. The van der Waals surface area contributed by atoms with E-state index in [4.69, 9.17) is 4.74 Å². The van der Waals surface area contributed by atoms with Crippen molar-refractivity contribution in [3.05, 3.63) is 48.5 Å². The normalized spacial score (nSPS) is 14.4. The average molecular weight is 397 g/mol. The summed E-state index contributed by atoms with van der Waals surface area (Å²) in [6.07, 6.45) is 0. The van der Waals surface area contributed by atoms with Crippen LogP contribution in [0.1, 0.15) is 0 Å². The summed E-state index contributed by atoms with van der Waals surface area (Å²) < 4.78 is 6.45. The summed E-state index contributed by atoms with van der Waals surface area (Å²) in [5.74, 6) is 0.901. The molecule has 0 aliphatic carbocycles. The van der Waals surface area contributed by atoms with Gasteiger partial charge >= 0.3 is 0 Å². The minimum atomic E-state index is 0.140. The number of hydrogen-bond acceptors (Lipinski definition) is 6. The zero-order valence-electron chi connectivity index (χ0n) is 16.2. The number of nitrogens with zero attached hydrogens (tertiary/aromatic N) is 4. The Morgan fingerprint density at radius 2 is 1.86 bits per heavy atom. The number of piperazine rings is 1. The summed E-state index contributed by atoms with van der Waals surface area (Å²) in [5.41, 5.74) is 2.07. The summed E-state index contributed by atoms with van der Waals surface area (Å²) in [5, 5.41) is 0.829. The van der Waals surface area contributed by atoms with E-state index in [1.807, 2.05) is 41.1 Å². The Morgan fingerprint density at radius 1 is 1.11 bits per heavy atom. The van der Waals surface area contributed by atoms with Gasteiger partial charge in [-0.05, 0) is 24.3 Å². The quantitative estimate of drug-likeness (QED) is 0.663. The van der Waals surface area contributed by atoms with Gasteiger partial charge in [-0.2, -0.15) is 0 Å². The van der Waals surface area contributed by atoms with Gasteiger partial charge < -0.3 is 19.4 Å². The number of likely N-dealkylation sites (N-methyl/N-ethyl adjacent to an activating group) is 1. The van der Waals surface area contributed by atoms with Crippen molar-refractivity contribution in [1.82, 2.24) is 9.88 Å². The fourth-order valence-electron chi connectivity index (χ4n) is 3.46. The molecule has 7 heteroatoms. The van der Waals surface area contributed by atoms with Crippen molar-refractivity contribution in [1.29, 1.82) is 0 Å². The molecule has 2 heterocycles. The highest BCUT2D eigenvalue weighted by atomic mass is 32.1. The Morgan fingerprint density at radius 3 is 2.57 bits per heavy atom. The van der Waals surface area contributed by atoms with Crippen LogP contribution in [-0.2, 0) is 4.79 Å². The van der Waals surface area contributed by atoms with Crippen molar-refractivity contribution in [2.75, 3.05) is 56.7 Å². The second-order valence-corrected chi connectivity index (χ2v) is 7.87. The van der Waals surface area contributed by atoms with Crippen molar-refractivity contribution in [3.8, 4) is 5.75 Å². The largest absolute Gasteiger partial charge is 0.494 e. The van der Waals surface area contributed by atoms with Crippen LogP contribution in [0.5, 0.6) is 5.75 Å². The van der Waals surface area contributed by atoms with E-state index in [0.29, 0.717) is 6.54 Å². The summed E-state index contributed by atoms with van der Waals surface area (Å²) in [7, 11) is 3.57. The van der Waals surface area contributed by atoms with Gasteiger partial charge in [-0.15, -0.1) is 0 Å². The molecule has 1 aliphatic rings. The molecule has 1 fully saturated rings. The molecule has 146 valence electrons. The van der Waals surface area contributed by atoms with E-state index in [1.54, 1.807) is 18.4 Å². The lowest BCUT2D eigenvalue weighted by atomic mass is 10.2. The smallest absolute Gasteiger partial charge is 0.242 e. The lowest BCUT2D eigenvalue weighted by Gasteiger charge is -2.36. The van der Waals surface area contributed by atoms with Gasteiger partial charge in [0.05, 0.1) is 18.4 Å². The molecular formula is C21H24N4O2S. The molecule has 0 spiro atoms. The molecule has 1 amide bonds. The van der Waals surface area contributed by atoms with Crippen molar-refractivity contribution in [2.24, 2.45) is 0 Å². The molecule has 3 aromatic rings. The van der Waals surface area contributed by atoms with E-state index in [1.165, 1.54) is 5.69 Å². The lowest BCUT2D eigenvalue weighted by molar-refractivity contribution is -0.129. The Kier molecular flexibility index (Phi) is 5.34. The number of methoxy groups -OCH3 is 1. The Labute approximate surface area is 168 Å². The number of para-hydroxylation sites is 2. The topological polar surface area (TPSA) is 48.9 Å². The molecule has 1 saturated heterocycles. The van der Waals surface area contributed by atoms with Crippen molar-refractivity contribution < 1.29 is 9.53 Å². The number of carbonyl (C=O) groups is 1. The monoisotopic (exact) mass is 396 g/mol. The number of rotatable bonds is 5. The van der Waals surface area contributed by atoms with Gasteiger partial charge in [0, 0.05) is 38.9 Å². The first-order chi connectivity index (χ1) is 13.7. The molecule has 0 radical (unpaired) electrons. The van der Waals surface area contributed by atoms with Gasteiger partial charge in [-0.25, -0.2) is 4.98 Å². The Balaban J connectivity index is 1.37. The maximum atomic E-state index is 12.8. The average Bonchev–Trinajstić information content (AvgIpc) is 3.19. The Bertz CT molecular complexity index is 951. The second-order valence-electron chi connectivity index (χ2n) is 6.86. The van der Waals surface area contributed by atoms with Crippen LogP contribution < -0.4 is 14.5 Å². The van der Waals surface area contributed by atoms with E-state index in [2.05, 4.69) is 34.1 Å². The van der Waals surface area contributed by atoms with Crippen LogP contribution in [-0.4, -0.2) is 62.7 Å². The Hall–Kier alpha value is -2.80. The summed E-state index contributed by atoms with van der Waals surface area (Å²) in [4.78, 5) is 23.7. The van der Waals surface area contributed by atoms with Gasteiger partial charge in [-0.1, -0.05) is 35.6 Å². The van der Waals surface area contributed by atoms with E-state index in [-0.39, 0.29) is 5.91 Å². The zero-order chi connectivity index (χ0) is 19.5. The number of benzene rings is 2. The minimum absolute atomic E-state index is 0.140. The number of hydrogen-bond donors (Lipinski definition) is 0. The number of carbonyl (C=O) groups excluding carboxylic acids is 1. The number of amides is 1. The summed E-state index contributed by atoms with van der Waals surface area (Å²) in [6, 6.07) is 16.3. The third-order valence-electron chi connectivity index (χ3n) is 5.04. The summed E-state index contributed by atoms with van der Waals surface area (Å²) >= 11 is 1.58. The van der Waals surface area contributed by atoms with Crippen LogP contribution >= 0.6 is 11.3 Å². The van der Waals surface area contributed by atoms with Crippen LogP contribution in [0.3, 0.4) is 0 Å². The molecule has 6 nitrogen and oxygen atoms in total. The first kappa shape index (κ1) is 18.6. The number of aromatic nitrogens is 1. The molecule has 1 aliphatic heterocycles. The first-order valence-electron chi connectivity index (χ1n) is 9.38. The standard InChI is InChI=1S/C21H24N4O2S/c1-23(21-22-20-17(27-2)9-6-10-18(20)28-21)15-19(26)25-13-11-24(12-14-25)16-7-4-3-5-8-16/h3-10H,11-15H2,1-2H3. The van der Waals surface area contributed by atoms with E-state index in [9.17, 15) is 4.79 Å². The summed E-state index contributed by atoms with van der Waals surface area (Å²) in [6.45, 7) is 3.54. The van der Waals surface area contributed by atoms with Gasteiger partial charge in [0.2, 0.25) is 5.91 Å². The lowest BCUT2D eigenvalue weighted by Crippen LogP contribution is -2.51. The number of anilines is 2. The molecule has 1 aromatic heterocycles. The predicted molar refractivity (Wildman–Crippen MR) is 115 cm³/mol. The molecule has 0 bridgehead atoms. The van der Waals surface area contributed by atoms with Crippen molar-refractivity contribution >= 4 is 38.3 Å². The molecule has 0 N–H and O–H groups in total. The fourth-order valence-corrected chi connectivity index (χ4v) is 4.41. The highest BCUT2D eigenvalue weighted by molar-refractivity contribution is 7.22. The highest BCUT2D eigenvalue weighted by Crippen LogP contribution is 2.33. The number of fused-ring (bicyclic) bond motifs is 1. The SMILES string of the molecule is COc1cccc2sc(N(C)CC(=O)N3CCN(c4ccccc4)CC3)nc12. The third kappa shape index (κ3) is 3.75. The first-order valence-corrected chi connectivity index (χ1v) is 10.2. The van der Waals surface area contributed by atoms with Gasteiger partial charge in [0.1, 0.15) is 11.3 Å². The van der Waals surface area contributed by atoms with Crippen LogP contribution in [0, 0.1) is 0 Å². The van der Waals surface area contributed by atoms with Crippen molar-refractivity contribution in [2.45, 2.75) is 0 Å². The molecule has 2 aromatic carbocycles. The molecule has 4 rings (SSSR count). The van der Waals surface area contributed by atoms with Gasteiger partial charge in [0.15, 0.2) is 5.13 Å².